The molecule has 286 valence electrons. The molecule has 2 aromatic carbocycles. The van der Waals surface area contributed by atoms with Gasteiger partial charge in [-0.15, -0.1) is 0 Å². The van der Waals surface area contributed by atoms with Gasteiger partial charge in [-0.1, -0.05) is 106 Å². The van der Waals surface area contributed by atoms with Gasteiger partial charge in [-0.2, -0.15) is 0 Å². The molecular weight excluding hydrogens is 633 g/mol. The predicted molar refractivity (Wildman–Crippen MR) is 232 cm³/mol. The molecule has 0 radical (unpaired) electrons. The Morgan fingerprint density at radius 3 is 1.15 bits per heavy atom. The van der Waals surface area contributed by atoms with E-state index in [1.54, 1.807) is 0 Å². The lowest BCUT2D eigenvalue weighted by Crippen LogP contribution is -2.04. The van der Waals surface area contributed by atoms with Crippen molar-refractivity contribution in [3.8, 4) is 11.5 Å². The third kappa shape index (κ3) is 17.3. The first-order chi connectivity index (χ1) is 25.0. The number of rotatable bonds is 24. The molecule has 0 saturated carbocycles. The smallest absolute Gasteiger partial charge is 0.131 e. The van der Waals surface area contributed by atoms with E-state index in [-0.39, 0.29) is 0 Å². The van der Waals surface area contributed by atoms with Gasteiger partial charge in [-0.3, -0.25) is 0 Å². The Hall–Kier alpha value is -3.52. The lowest BCUT2D eigenvalue weighted by molar-refractivity contribution is 0.332. The first-order valence-electron chi connectivity index (χ1n) is 20.3. The molecule has 0 heterocycles. The highest BCUT2D eigenvalue weighted by molar-refractivity contribution is 5.96. The molecule has 2 nitrogen and oxygen atoms in total. The summed E-state index contributed by atoms with van der Waals surface area (Å²) in [6.07, 6.45) is 31.6. The molecule has 2 rings (SSSR count). The molecule has 0 amide bonds. The number of hydrogen-bond donors (Lipinski definition) is 0. The Balaban J connectivity index is 1.76. The van der Waals surface area contributed by atoms with Crippen molar-refractivity contribution in [2.75, 3.05) is 13.2 Å². The molecule has 0 bridgehead atoms. The van der Waals surface area contributed by atoms with Gasteiger partial charge in [-0.25, -0.2) is 0 Å². The zero-order chi connectivity index (χ0) is 38.3. The van der Waals surface area contributed by atoms with Gasteiger partial charge in [0.05, 0.1) is 13.2 Å². The fourth-order valence-electron chi connectivity index (χ4n) is 6.64. The van der Waals surface area contributed by atoms with E-state index >= 15 is 0 Å². The van der Waals surface area contributed by atoms with Gasteiger partial charge in [0.25, 0.3) is 0 Å². The van der Waals surface area contributed by atoms with Gasteiger partial charge < -0.3 is 9.47 Å². The largest absolute Gasteiger partial charge is 0.493 e. The Kier molecular flexibility index (Phi) is 21.9. The molecule has 0 unspecified atom stereocenters. The Morgan fingerprint density at radius 1 is 0.462 bits per heavy atom. The second-order valence-electron chi connectivity index (χ2n) is 15.2. The highest BCUT2D eigenvalue weighted by atomic mass is 16.5. The molecule has 52 heavy (non-hydrogen) atoms. The van der Waals surface area contributed by atoms with Crippen LogP contribution in [0.5, 0.6) is 11.5 Å². The van der Waals surface area contributed by atoms with E-state index in [9.17, 15) is 0 Å². The van der Waals surface area contributed by atoms with E-state index in [2.05, 4.69) is 143 Å². The van der Waals surface area contributed by atoms with Gasteiger partial charge >= 0.3 is 0 Å². The summed E-state index contributed by atoms with van der Waals surface area (Å²) < 4.78 is 12.4. The second kappa shape index (κ2) is 25.5. The Bertz CT molecular complexity index is 1600. The van der Waals surface area contributed by atoms with Gasteiger partial charge in [0.2, 0.25) is 0 Å². The molecule has 0 N–H and O–H groups in total. The van der Waals surface area contributed by atoms with Crippen molar-refractivity contribution in [1.29, 1.82) is 0 Å². The highest BCUT2D eigenvalue weighted by Crippen LogP contribution is 2.41. The van der Waals surface area contributed by atoms with Crippen LogP contribution in [-0.2, 0) is 6.42 Å². The number of ether oxygens (including phenoxy) is 2. The molecule has 0 saturated heterocycles. The lowest BCUT2D eigenvalue weighted by atomic mass is 9.95. The van der Waals surface area contributed by atoms with Crippen LogP contribution in [-0.4, -0.2) is 13.2 Å². The fourth-order valence-corrected chi connectivity index (χ4v) is 6.64. The lowest BCUT2D eigenvalue weighted by Gasteiger charge is -2.20. The minimum Gasteiger partial charge on any atom is -0.493 e. The standard InChI is InChI=1S/C50H74O2/c1-12-51-49-45(11)46(50(52-13-2)48-35-15-14-34-47(48)49)37-36-44(10)33-21-32-43(9)31-20-30-42(8)29-19-28-41(7)27-18-26-40(6)25-17-24-39(5)23-16-22-38(3)4/h14-15,22,24,26,28,30,32,34-36H,12-13,16-21,23,25,27,29,31,33,37H2,1-11H3/b39-24+,40-26+,41-28+,42-30+,43-32+,44-36+. The fraction of sp³-hybridized carbons (Fsp3) is 0.520. The van der Waals surface area contributed by atoms with E-state index < -0.39 is 0 Å². The third-order valence-corrected chi connectivity index (χ3v) is 9.96. The maximum atomic E-state index is 6.24. The van der Waals surface area contributed by atoms with Crippen molar-refractivity contribution in [3.63, 3.8) is 0 Å². The summed E-state index contributed by atoms with van der Waals surface area (Å²) in [6, 6.07) is 8.46. The first kappa shape index (κ1) is 44.6. The zero-order valence-corrected chi connectivity index (χ0v) is 35.3. The molecule has 0 atom stereocenters. The van der Waals surface area contributed by atoms with Crippen LogP contribution >= 0.6 is 0 Å². The van der Waals surface area contributed by atoms with Crippen LogP contribution in [0.3, 0.4) is 0 Å². The van der Waals surface area contributed by atoms with Gasteiger partial charge in [0.1, 0.15) is 11.5 Å². The van der Waals surface area contributed by atoms with Gasteiger partial charge in [0, 0.05) is 16.3 Å². The SMILES string of the molecule is CCOc1c(C)c(C/C=C(\C)CC/C=C(\C)CC/C=C(\C)CC/C=C(\C)CC/C=C(\C)CC/C=C(\C)CCC=C(C)C)c(OCC)c2ccccc12. The summed E-state index contributed by atoms with van der Waals surface area (Å²) in [5, 5.41) is 2.27. The molecule has 0 aliphatic rings. The molecule has 0 spiro atoms. The third-order valence-electron chi connectivity index (χ3n) is 9.96. The van der Waals surface area contributed by atoms with E-state index in [1.165, 1.54) is 75.8 Å². The van der Waals surface area contributed by atoms with Crippen molar-refractivity contribution in [2.24, 2.45) is 0 Å². The summed E-state index contributed by atoms with van der Waals surface area (Å²) in [4.78, 5) is 0. The molecule has 2 heteroatoms. The summed E-state index contributed by atoms with van der Waals surface area (Å²) in [7, 11) is 0. The van der Waals surface area contributed by atoms with Crippen LogP contribution in [0.2, 0.25) is 0 Å². The normalized spacial score (nSPS) is 13.6. The minimum absolute atomic E-state index is 0.650. The quantitative estimate of drug-likeness (QED) is 0.101. The maximum Gasteiger partial charge on any atom is 0.131 e. The van der Waals surface area contributed by atoms with E-state index in [0.717, 1.165) is 80.1 Å². The average molecular weight is 707 g/mol. The maximum absolute atomic E-state index is 6.24. The van der Waals surface area contributed by atoms with Crippen molar-refractivity contribution in [3.05, 3.63) is 117 Å². The van der Waals surface area contributed by atoms with Crippen LogP contribution in [0.15, 0.2) is 106 Å². The van der Waals surface area contributed by atoms with Crippen molar-refractivity contribution in [2.45, 2.75) is 160 Å². The number of benzene rings is 2. The number of hydrogen-bond acceptors (Lipinski definition) is 2. The predicted octanol–water partition coefficient (Wildman–Crippen LogP) is 15.8. The van der Waals surface area contributed by atoms with Crippen LogP contribution < -0.4 is 9.47 Å². The average Bonchev–Trinajstić information content (AvgIpc) is 3.09. The van der Waals surface area contributed by atoms with Crippen molar-refractivity contribution in [1.82, 2.24) is 0 Å². The topological polar surface area (TPSA) is 18.5 Å². The summed E-state index contributed by atoms with van der Waals surface area (Å²) in [6.45, 7) is 25.7. The van der Waals surface area contributed by atoms with E-state index in [0.29, 0.717) is 13.2 Å². The van der Waals surface area contributed by atoms with Crippen LogP contribution in [0.1, 0.15) is 157 Å². The van der Waals surface area contributed by atoms with Crippen LogP contribution in [0.4, 0.5) is 0 Å². The molecule has 0 aliphatic heterocycles. The van der Waals surface area contributed by atoms with Crippen molar-refractivity contribution < 1.29 is 9.47 Å². The van der Waals surface area contributed by atoms with Crippen LogP contribution in [0.25, 0.3) is 10.8 Å². The van der Waals surface area contributed by atoms with Crippen LogP contribution in [0, 0.1) is 6.92 Å². The highest BCUT2D eigenvalue weighted by Gasteiger charge is 2.18. The minimum atomic E-state index is 0.650. The van der Waals surface area contributed by atoms with E-state index in [1.807, 2.05) is 0 Å². The summed E-state index contributed by atoms with van der Waals surface area (Å²) in [5.74, 6) is 1.99. The molecule has 0 fully saturated rings. The molecule has 2 aromatic rings. The number of fused-ring (bicyclic) bond motifs is 1. The second-order valence-corrected chi connectivity index (χ2v) is 15.2. The Labute approximate surface area is 320 Å². The monoisotopic (exact) mass is 707 g/mol. The van der Waals surface area contributed by atoms with E-state index in [4.69, 9.17) is 9.47 Å². The number of allylic oxidation sites excluding steroid dienone is 14. The van der Waals surface area contributed by atoms with Gasteiger partial charge in [-0.05, 0) is 165 Å². The zero-order valence-electron chi connectivity index (χ0n) is 35.3. The molecule has 0 aromatic heterocycles. The first-order valence-corrected chi connectivity index (χ1v) is 20.3. The summed E-state index contributed by atoms with van der Waals surface area (Å²) >= 11 is 0. The molecular formula is C50H74O2. The summed E-state index contributed by atoms with van der Waals surface area (Å²) in [5.41, 5.74) is 12.8. The van der Waals surface area contributed by atoms with Gasteiger partial charge in [0.15, 0.2) is 0 Å². The molecule has 0 aliphatic carbocycles. The Morgan fingerprint density at radius 2 is 0.788 bits per heavy atom. The van der Waals surface area contributed by atoms with Crippen molar-refractivity contribution >= 4 is 10.8 Å².